The van der Waals surface area contributed by atoms with Gasteiger partial charge in [-0.2, -0.15) is 0 Å². The van der Waals surface area contributed by atoms with E-state index >= 15 is 0 Å². The number of carbonyl (C=O) groups is 1. The van der Waals surface area contributed by atoms with E-state index in [1.54, 1.807) is 6.07 Å². The van der Waals surface area contributed by atoms with Crippen molar-refractivity contribution >= 4 is 35.2 Å². The predicted octanol–water partition coefficient (Wildman–Crippen LogP) is 3.51. The Morgan fingerprint density at radius 1 is 1.14 bits per heavy atom. The zero-order valence-electron chi connectivity index (χ0n) is 16.8. The first-order chi connectivity index (χ1) is 14.0. The van der Waals surface area contributed by atoms with Gasteiger partial charge in [-0.25, -0.2) is 4.99 Å². The van der Waals surface area contributed by atoms with Crippen molar-refractivity contribution in [2.75, 3.05) is 45.1 Å². The molecule has 0 bridgehead atoms. The number of amides is 1. The minimum Gasteiger partial charge on any atom is -0.346 e. The van der Waals surface area contributed by atoms with E-state index in [9.17, 15) is 4.79 Å². The molecule has 1 amide bonds. The molecule has 29 heavy (non-hydrogen) atoms. The van der Waals surface area contributed by atoms with E-state index in [0.717, 1.165) is 31.9 Å². The van der Waals surface area contributed by atoms with Crippen molar-refractivity contribution in [1.29, 1.82) is 0 Å². The summed E-state index contributed by atoms with van der Waals surface area (Å²) in [4.78, 5) is 23.8. The van der Waals surface area contributed by atoms with Crippen LogP contribution in [0.5, 0.6) is 0 Å². The molecule has 0 spiro atoms. The molecular weight excluding hydrogens is 386 g/mol. The van der Waals surface area contributed by atoms with E-state index in [0.29, 0.717) is 17.3 Å². The van der Waals surface area contributed by atoms with Crippen molar-refractivity contribution in [2.24, 2.45) is 4.99 Å². The normalized spacial score (nSPS) is 19.8. The van der Waals surface area contributed by atoms with Gasteiger partial charge in [0, 0.05) is 38.8 Å². The van der Waals surface area contributed by atoms with E-state index in [2.05, 4.69) is 57.2 Å². The standard InChI is InChI=1S/C22H26ClN5O/c1-16-6-5-9-19-21(16)22(26(2)15-24-19)28-12-10-27(11-13-28)14-20(29)25-18-8-4-3-7-17(18)23/h3-9,15,22H,10-14H2,1-2H3,(H,25,29). The number of aryl methyl sites for hydroxylation is 1. The smallest absolute Gasteiger partial charge is 0.238 e. The third kappa shape index (κ3) is 4.29. The first-order valence-electron chi connectivity index (χ1n) is 9.89. The zero-order valence-corrected chi connectivity index (χ0v) is 17.6. The van der Waals surface area contributed by atoms with E-state index in [1.807, 2.05) is 24.5 Å². The Bertz CT molecular complexity index is 923. The summed E-state index contributed by atoms with van der Waals surface area (Å²) in [6.45, 7) is 6.01. The van der Waals surface area contributed by atoms with Gasteiger partial charge in [0.1, 0.15) is 6.17 Å². The number of halogens is 1. The van der Waals surface area contributed by atoms with E-state index in [-0.39, 0.29) is 12.1 Å². The first kappa shape index (κ1) is 19.9. The Kier molecular flexibility index (Phi) is 5.85. The maximum atomic E-state index is 12.4. The summed E-state index contributed by atoms with van der Waals surface area (Å²) >= 11 is 6.13. The highest BCUT2D eigenvalue weighted by Gasteiger charge is 2.32. The second kappa shape index (κ2) is 8.53. The molecule has 4 rings (SSSR count). The molecule has 152 valence electrons. The van der Waals surface area contributed by atoms with Crippen LogP contribution in [0.1, 0.15) is 17.3 Å². The van der Waals surface area contributed by atoms with Crippen LogP contribution in [0, 0.1) is 6.92 Å². The average molecular weight is 412 g/mol. The molecule has 1 atom stereocenters. The minimum atomic E-state index is -0.0327. The third-order valence-corrected chi connectivity index (χ3v) is 5.92. The van der Waals surface area contributed by atoms with Crippen LogP contribution in [-0.4, -0.2) is 66.7 Å². The first-order valence-corrected chi connectivity index (χ1v) is 10.3. The Labute approximate surface area is 176 Å². The topological polar surface area (TPSA) is 51.2 Å². The summed E-state index contributed by atoms with van der Waals surface area (Å²) < 4.78 is 0. The van der Waals surface area contributed by atoms with E-state index in [1.165, 1.54) is 11.1 Å². The second-order valence-corrected chi connectivity index (χ2v) is 8.04. The monoisotopic (exact) mass is 411 g/mol. The number of nitrogens with zero attached hydrogens (tertiary/aromatic N) is 4. The summed E-state index contributed by atoms with van der Waals surface area (Å²) in [7, 11) is 2.08. The molecule has 2 heterocycles. The highest BCUT2D eigenvalue weighted by molar-refractivity contribution is 6.33. The average Bonchev–Trinajstić information content (AvgIpc) is 2.71. The number of piperazine rings is 1. The van der Waals surface area contributed by atoms with Crippen LogP contribution in [-0.2, 0) is 4.79 Å². The molecule has 0 aromatic heterocycles. The van der Waals surface area contributed by atoms with Gasteiger partial charge in [-0.05, 0) is 30.7 Å². The number of anilines is 1. The lowest BCUT2D eigenvalue weighted by Gasteiger charge is -2.44. The molecule has 2 aliphatic rings. The fraction of sp³-hybridized carbons (Fsp3) is 0.364. The van der Waals surface area contributed by atoms with Gasteiger partial charge in [0.25, 0.3) is 0 Å². The number of nitrogens with one attached hydrogen (secondary N) is 1. The van der Waals surface area contributed by atoms with E-state index in [4.69, 9.17) is 11.6 Å². The number of para-hydroxylation sites is 1. The molecular formula is C22H26ClN5O. The lowest BCUT2D eigenvalue weighted by atomic mass is 10.0. The molecule has 1 saturated heterocycles. The lowest BCUT2D eigenvalue weighted by Crippen LogP contribution is -2.52. The third-order valence-electron chi connectivity index (χ3n) is 5.59. The Balaban J connectivity index is 1.37. The number of hydrogen-bond acceptors (Lipinski definition) is 5. The van der Waals surface area contributed by atoms with Gasteiger partial charge in [0.05, 0.1) is 29.3 Å². The van der Waals surface area contributed by atoms with Gasteiger partial charge >= 0.3 is 0 Å². The molecule has 7 heteroatoms. The fourth-order valence-electron chi connectivity index (χ4n) is 4.10. The summed E-state index contributed by atoms with van der Waals surface area (Å²) in [6, 6.07) is 13.6. The van der Waals surface area contributed by atoms with Gasteiger partial charge in [-0.1, -0.05) is 35.9 Å². The van der Waals surface area contributed by atoms with E-state index < -0.39 is 0 Å². The number of benzene rings is 2. The number of carbonyl (C=O) groups excluding carboxylic acids is 1. The van der Waals surface area contributed by atoms with Crippen LogP contribution in [0.4, 0.5) is 11.4 Å². The predicted molar refractivity (Wildman–Crippen MR) is 118 cm³/mol. The largest absolute Gasteiger partial charge is 0.346 e. The SMILES string of the molecule is Cc1cccc2c1C(N1CCN(CC(=O)Nc3ccccc3Cl)CC1)N(C)C=N2. The van der Waals surface area contributed by atoms with Crippen LogP contribution in [0.2, 0.25) is 5.02 Å². The van der Waals surface area contributed by atoms with Crippen molar-refractivity contribution in [2.45, 2.75) is 13.1 Å². The Morgan fingerprint density at radius 3 is 2.66 bits per heavy atom. The molecule has 6 nitrogen and oxygen atoms in total. The molecule has 1 N–H and O–H groups in total. The van der Waals surface area contributed by atoms with Gasteiger partial charge in [0.15, 0.2) is 0 Å². The maximum absolute atomic E-state index is 12.4. The van der Waals surface area contributed by atoms with Gasteiger partial charge < -0.3 is 10.2 Å². The molecule has 1 unspecified atom stereocenters. The number of rotatable bonds is 4. The molecule has 0 aliphatic carbocycles. The van der Waals surface area contributed by atoms with Crippen molar-refractivity contribution in [3.8, 4) is 0 Å². The summed E-state index contributed by atoms with van der Waals surface area (Å²) in [5.41, 5.74) is 4.25. The minimum absolute atomic E-state index is 0.0327. The molecule has 2 aliphatic heterocycles. The van der Waals surface area contributed by atoms with Crippen molar-refractivity contribution in [3.63, 3.8) is 0 Å². The van der Waals surface area contributed by atoms with Crippen LogP contribution in [0.3, 0.4) is 0 Å². The van der Waals surface area contributed by atoms with Crippen molar-refractivity contribution in [3.05, 3.63) is 58.6 Å². The molecule has 0 radical (unpaired) electrons. The highest BCUT2D eigenvalue weighted by atomic mass is 35.5. The quantitative estimate of drug-likeness (QED) is 0.836. The lowest BCUT2D eigenvalue weighted by molar-refractivity contribution is -0.117. The summed E-state index contributed by atoms with van der Waals surface area (Å²) in [6.07, 6.45) is 2.10. The zero-order chi connectivity index (χ0) is 20.4. The van der Waals surface area contributed by atoms with Gasteiger partial charge in [-0.15, -0.1) is 0 Å². The summed E-state index contributed by atoms with van der Waals surface area (Å²) in [5.74, 6) is -0.0327. The maximum Gasteiger partial charge on any atom is 0.238 e. The van der Waals surface area contributed by atoms with Crippen LogP contribution in [0.25, 0.3) is 0 Å². The molecule has 2 aromatic rings. The highest BCUT2D eigenvalue weighted by Crippen LogP contribution is 2.37. The summed E-state index contributed by atoms with van der Waals surface area (Å²) in [5, 5.41) is 3.46. The molecule has 0 saturated carbocycles. The Hall–Kier alpha value is -2.41. The second-order valence-electron chi connectivity index (χ2n) is 7.63. The van der Waals surface area contributed by atoms with Crippen LogP contribution < -0.4 is 5.32 Å². The van der Waals surface area contributed by atoms with Crippen molar-refractivity contribution in [1.82, 2.24) is 14.7 Å². The molecule has 2 aromatic carbocycles. The molecule has 1 fully saturated rings. The van der Waals surface area contributed by atoms with Gasteiger partial charge in [-0.3, -0.25) is 14.6 Å². The van der Waals surface area contributed by atoms with Crippen molar-refractivity contribution < 1.29 is 4.79 Å². The number of aliphatic imine (C=N–C) groups is 1. The van der Waals surface area contributed by atoms with Crippen LogP contribution >= 0.6 is 11.6 Å². The fourth-order valence-corrected chi connectivity index (χ4v) is 4.28. The van der Waals surface area contributed by atoms with Crippen LogP contribution in [0.15, 0.2) is 47.5 Å². The van der Waals surface area contributed by atoms with Gasteiger partial charge in [0.2, 0.25) is 5.91 Å². The number of hydrogen-bond donors (Lipinski definition) is 1. The Morgan fingerprint density at radius 2 is 1.90 bits per heavy atom. The number of fused-ring (bicyclic) bond motifs is 1.